The van der Waals surface area contributed by atoms with Gasteiger partial charge in [-0.1, -0.05) is 25.0 Å². The van der Waals surface area contributed by atoms with E-state index in [1.807, 2.05) is 0 Å². The minimum atomic E-state index is -4.32. The largest absolute Gasteiger partial charge is 0.416 e. The third kappa shape index (κ3) is 4.14. The van der Waals surface area contributed by atoms with Gasteiger partial charge in [-0.15, -0.1) is 0 Å². The highest BCUT2D eigenvalue weighted by atomic mass is 32.2. The van der Waals surface area contributed by atoms with Crippen molar-refractivity contribution < 1.29 is 18.3 Å². The second kappa shape index (κ2) is 6.18. The minimum Gasteiger partial charge on any atom is -0.388 e. The van der Waals surface area contributed by atoms with Crippen LogP contribution in [0, 0.1) is 0 Å². The Labute approximate surface area is 115 Å². The number of thioether (sulfide) groups is 1. The summed E-state index contributed by atoms with van der Waals surface area (Å²) in [7, 11) is 0. The van der Waals surface area contributed by atoms with Crippen LogP contribution in [0.4, 0.5) is 13.2 Å². The molecule has 1 aromatic rings. The molecule has 106 valence electrons. The van der Waals surface area contributed by atoms with Crippen molar-refractivity contribution in [2.24, 2.45) is 0 Å². The third-order valence-electron chi connectivity index (χ3n) is 3.41. The maximum atomic E-state index is 12.4. The lowest BCUT2D eigenvalue weighted by Crippen LogP contribution is -2.07. The van der Waals surface area contributed by atoms with Gasteiger partial charge in [0.15, 0.2) is 0 Å². The van der Waals surface area contributed by atoms with Crippen LogP contribution in [0.15, 0.2) is 24.3 Å². The van der Waals surface area contributed by atoms with Gasteiger partial charge in [0.25, 0.3) is 0 Å². The molecule has 1 unspecified atom stereocenters. The van der Waals surface area contributed by atoms with Crippen molar-refractivity contribution in [3.05, 3.63) is 35.4 Å². The predicted molar refractivity (Wildman–Crippen MR) is 71.1 cm³/mol. The smallest absolute Gasteiger partial charge is 0.388 e. The monoisotopic (exact) mass is 290 g/mol. The summed E-state index contributed by atoms with van der Waals surface area (Å²) in [5.41, 5.74) is -0.120. The van der Waals surface area contributed by atoms with Gasteiger partial charge in [-0.3, -0.25) is 0 Å². The Morgan fingerprint density at radius 2 is 1.74 bits per heavy atom. The van der Waals surface area contributed by atoms with E-state index in [1.165, 1.54) is 37.8 Å². The minimum absolute atomic E-state index is 0.552. The lowest BCUT2D eigenvalue weighted by Gasteiger charge is -2.15. The lowest BCUT2D eigenvalue weighted by atomic mass is 10.1. The number of benzene rings is 1. The zero-order valence-corrected chi connectivity index (χ0v) is 11.3. The summed E-state index contributed by atoms with van der Waals surface area (Å²) < 4.78 is 37.2. The second-order valence-corrected chi connectivity index (χ2v) is 6.21. The zero-order chi connectivity index (χ0) is 13.9. The molecular formula is C14H17F3OS. The molecule has 1 saturated carbocycles. The maximum absolute atomic E-state index is 12.4. The first-order valence-corrected chi connectivity index (χ1v) is 7.48. The fraction of sp³-hybridized carbons (Fsp3) is 0.571. The van der Waals surface area contributed by atoms with Crippen LogP contribution in [-0.4, -0.2) is 16.1 Å². The molecule has 1 fully saturated rings. The van der Waals surface area contributed by atoms with Crippen molar-refractivity contribution in [2.75, 3.05) is 5.75 Å². The molecule has 1 N–H and O–H groups in total. The zero-order valence-electron chi connectivity index (χ0n) is 10.5. The topological polar surface area (TPSA) is 20.2 Å². The molecule has 0 radical (unpaired) electrons. The van der Waals surface area contributed by atoms with E-state index in [0.717, 1.165) is 12.1 Å². The Balaban J connectivity index is 1.89. The predicted octanol–water partition coefficient (Wildman–Crippen LogP) is 4.41. The molecule has 0 bridgehead atoms. The third-order valence-corrected chi connectivity index (χ3v) is 4.87. The van der Waals surface area contributed by atoms with Gasteiger partial charge in [0.2, 0.25) is 0 Å². The van der Waals surface area contributed by atoms with Crippen LogP contribution in [0.3, 0.4) is 0 Å². The van der Waals surface area contributed by atoms with Gasteiger partial charge in [0.05, 0.1) is 11.7 Å². The molecule has 1 atom stereocenters. The van der Waals surface area contributed by atoms with Crippen molar-refractivity contribution in [2.45, 2.75) is 43.2 Å². The van der Waals surface area contributed by atoms with E-state index in [0.29, 0.717) is 16.6 Å². The van der Waals surface area contributed by atoms with Crippen molar-refractivity contribution in [3.63, 3.8) is 0 Å². The van der Waals surface area contributed by atoms with E-state index in [-0.39, 0.29) is 0 Å². The number of halogens is 3. The SMILES string of the molecule is OC(CSC1CCCC1)c1ccc(C(F)(F)F)cc1. The van der Waals surface area contributed by atoms with Gasteiger partial charge >= 0.3 is 6.18 Å². The maximum Gasteiger partial charge on any atom is 0.416 e. The normalized spacial score (nSPS) is 18.7. The van der Waals surface area contributed by atoms with Crippen molar-refractivity contribution in [1.29, 1.82) is 0 Å². The second-order valence-electron chi connectivity index (χ2n) is 4.88. The Hall–Kier alpha value is -0.680. The number of hydrogen-bond acceptors (Lipinski definition) is 2. The van der Waals surface area contributed by atoms with Gasteiger partial charge in [-0.05, 0) is 30.5 Å². The Morgan fingerprint density at radius 1 is 1.16 bits per heavy atom. The van der Waals surface area contributed by atoms with Gasteiger partial charge in [-0.25, -0.2) is 0 Å². The van der Waals surface area contributed by atoms with E-state index in [1.54, 1.807) is 11.8 Å². The molecule has 0 spiro atoms. The molecule has 1 aliphatic carbocycles. The summed E-state index contributed by atoms with van der Waals surface area (Å²) in [6.07, 6.45) is -0.147. The van der Waals surface area contributed by atoms with Crippen LogP contribution in [-0.2, 0) is 6.18 Å². The number of rotatable bonds is 4. The van der Waals surface area contributed by atoms with Crippen LogP contribution in [0.25, 0.3) is 0 Å². The van der Waals surface area contributed by atoms with Gasteiger partial charge in [0, 0.05) is 11.0 Å². The molecule has 0 aliphatic heterocycles. The fourth-order valence-electron chi connectivity index (χ4n) is 2.27. The first-order valence-electron chi connectivity index (χ1n) is 6.43. The van der Waals surface area contributed by atoms with Gasteiger partial charge < -0.3 is 5.11 Å². The fourth-order valence-corrected chi connectivity index (χ4v) is 3.59. The molecule has 19 heavy (non-hydrogen) atoms. The molecule has 0 heterocycles. The lowest BCUT2D eigenvalue weighted by molar-refractivity contribution is -0.137. The number of hydrogen-bond donors (Lipinski definition) is 1. The number of aliphatic hydroxyl groups is 1. The molecule has 2 rings (SSSR count). The summed E-state index contributed by atoms with van der Waals surface area (Å²) in [5, 5.41) is 10.6. The molecule has 1 aromatic carbocycles. The van der Waals surface area contributed by atoms with Gasteiger partial charge in [0.1, 0.15) is 0 Å². The molecule has 5 heteroatoms. The van der Waals surface area contributed by atoms with Crippen molar-refractivity contribution in [1.82, 2.24) is 0 Å². The van der Waals surface area contributed by atoms with Crippen molar-refractivity contribution in [3.8, 4) is 0 Å². The quantitative estimate of drug-likeness (QED) is 0.886. The first kappa shape index (κ1) is 14.7. The van der Waals surface area contributed by atoms with E-state index < -0.39 is 17.8 Å². The molecule has 1 aliphatic rings. The highest BCUT2D eigenvalue weighted by Crippen LogP contribution is 2.33. The molecule has 0 amide bonds. The molecule has 0 aromatic heterocycles. The Kier molecular flexibility index (Phi) is 4.79. The highest BCUT2D eigenvalue weighted by molar-refractivity contribution is 7.99. The van der Waals surface area contributed by atoms with E-state index in [4.69, 9.17) is 0 Å². The van der Waals surface area contributed by atoms with Crippen LogP contribution < -0.4 is 0 Å². The van der Waals surface area contributed by atoms with Crippen LogP contribution in [0.2, 0.25) is 0 Å². The summed E-state index contributed by atoms with van der Waals surface area (Å²) in [6, 6.07) is 4.78. The molecule has 0 saturated heterocycles. The summed E-state index contributed by atoms with van der Waals surface area (Å²) in [4.78, 5) is 0. The van der Waals surface area contributed by atoms with Crippen LogP contribution in [0.5, 0.6) is 0 Å². The van der Waals surface area contributed by atoms with E-state index >= 15 is 0 Å². The van der Waals surface area contributed by atoms with Crippen molar-refractivity contribution >= 4 is 11.8 Å². The molecule has 1 nitrogen and oxygen atoms in total. The van der Waals surface area contributed by atoms with Crippen LogP contribution in [0.1, 0.15) is 42.9 Å². The average molecular weight is 290 g/mol. The Bertz CT molecular complexity index is 396. The number of aliphatic hydroxyl groups excluding tert-OH is 1. The van der Waals surface area contributed by atoms with E-state index in [9.17, 15) is 18.3 Å². The Morgan fingerprint density at radius 3 is 2.26 bits per heavy atom. The molecular weight excluding hydrogens is 273 g/mol. The standard InChI is InChI=1S/C14H17F3OS/c15-14(16,17)11-7-5-10(6-8-11)13(18)9-19-12-3-1-2-4-12/h5-8,12-13,18H,1-4,9H2. The first-order chi connectivity index (χ1) is 8.97. The van der Waals surface area contributed by atoms with Crippen LogP contribution >= 0.6 is 11.8 Å². The summed E-state index contributed by atoms with van der Waals surface area (Å²) >= 11 is 1.72. The van der Waals surface area contributed by atoms with E-state index in [2.05, 4.69) is 0 Å². The van der Waals surface area contributed by atoms with Gasteiger partial charge in [-0.2, -0.15) is 24.9 Å². The highest BCUT2D eigenvalue weighted by Gasteiger charge is 2.30. The summed E-state index contributed by atoms with van der Waals surface area (Å²) in [6.45, 7) is 0. The summed E-state index contributed by atoms with van der Waals surface area (Å²) in [5.74, 6) is 0.552. The number of alkyl halides is 3. The average Bonchev–Trinajstić information content (AvgIpc) is 2.88.